The van der Waals surface area contributed by atoms with E-state index in [1.807, 2.05) is 24.3 Å². The summed E-state index contributed by atoms with van der Waals surface area (Å²) in [6.45, 7) is 5.35. The van der Waals surface area contributed by atoms with Gasteiger partial charge in [0.2, 0.25) is 0 Å². The molecule has 0 radical (unpaired) electrons. The Bertz CT molecular complexity index is 910. The highest BCUT2D eigenvalue weighted by Crippen LogP contribution is 2.45. The van der Waals surface area contributed by atoms with Gasteiger partial charge >= 0.3 is 5.97 Å². The molecule has 27 heavy (non-hydrogen) atoms. The highest BCUT2D eigenvalue weighted by Gasteiger charge is 2.42. The molecule has 1 atom stereocenters. The number of esters is 1. The maximum Gasteiger partial charge on any atom is 0.338 e. The van der Waals surface area contributed by atoms with Gasteiger partial charge in [-0.1, -0.05) is 12.1 Å². The normalized spacial score (nSPS) is 19.0. The van der Waals surface area contributed by atoms with E-state index in [0.29, 0.717) is 27.1 Å². The quantitative estimate of drug-likeness (QED) is 0.796. The summed E-state index contributed by atoms with van der Waals surface area (Å²) < 4.78 is 10.7. The minimum Gasteiger partial charge on any atom is -0.497 e. The molecule has 2 N–H and O–H groups in total. The second-order valence-corrected chi connectivity index (χ2v) is 7.30. The van der Waals surface area contributed by atoms with Crippen molar-refractivity contribution in [2.24, 2.45) is 10.7 Å². The summed E-state index contributed by atoms with van der Waals surface area (Å²) in [5.41, 5.74) is 7.99. The number of carbonyl (C=O) groups is 1. The number of fused-ring (bicyclic) bond motifs is 1. The predicted octanol–water partition coefficient (Wildman–Crippen LogP) is 3.03. The van der Waals surface area contributed by atoms with Gasteiger partial charge in [0.1, 0.15) is 22.5 Å². The van der Waals surface area contributed by atoms with Crippen LogP contribution in [0.3, 0.4) is 0 Å². The zero-order chi connectivity index (χ0) is 19.7. The van der Waals surface area contributed by atoms with E-state index >= 15 is 0 Å². The zero-order valence-corrected chi connectivity index (χ0v) is 16.3. The Kier molecular flexibility index (Phi) is 5.15. The fraction of sp³-hybridized carbons (Fsp3) is 0.316. The van der Waals surface area contributed by atoms with Crippen LogP contribution in [-0.2, 0) is 9.53 Å². The van der Waals surface area contributed by atoms with E-state index in [9.17, 15) is 10.1 Å². The number of nitrogens with two attached hydrogens (primary N) is 1. The topological polar surface area (TPSA) is 101 Å². The summed E-state index contributed by atoms with van der Waals surface area (Å²) in [6, 6.07) is 8.92. The Morgan fingerprint density at radius 1 is 1.37 bits per heavy atom. The van der Waals surface area contributed by atoms with Crippen molar-refractivity contribution in [1.29, 1.82) is 5.26 Å². The number of benzene rings is 1. The maximum atomic E-state index is 12.8. The minimum absolute atomic E-state index is 0.268. The van der Waals surface area contributed by atoms with E-state index in [1.165, 1.54) is 11.8 Å². The Morgan fingerprint density at radius 2 is 2.04 bits per heavy atom. The molecule has 8 heteroatoms. The number of nitrogens with zero attached hydrogens (tertiary/aromatic N) is 3. The molecule has 140 valence electrons. The van der Waals surface area contributed by atoms with E-state index in [1.54, 1.807) is 32.8 Å². The molecule has 0 bridgehead atoms. The summed E-state index contributed by atoms with van der Waals surface area (Å²) in [4.78, 5) is 19.4. The van der Waals surface area contributed by atoms with Gasteiger partial charge < -0.3 is 15.2 Å². The number of methoxy groups -OCH3 is 1. The molecule has 1 unspecified atom stereocenters. The number of nitriles is 1. The van der Waals surface area contributed by atoms with Crippen LogP contribution in [0.4, 0.5) is 0 Å². The van der Waals surface area contributed by atoms with Crippen LogP contribution in [-0.4, -0.2) is 29.3 Å². The van der Waals surface area contributed by atoms with Crippen molar-refractivity contribution in [3.05, 3.63) is 51.8 Å². The van der Waals surface area contributed by atoms with Crippen LogP contribution >= 0.6 is 11.8 Å². The van der Waals surface area contributed by atoms with Gasteiger partial charge in [-0.05, 0) is 50.2 Å². The van der Waals surface area contributed by atoms with Crippen molar-refractivity contribution < 1.29 is 14.3 Å². The molecule has 1 aromatic carbocycles. The van der Waals surface area contributed by atoms with E-state index in [2.05, 4.69) is 11.1 Å². The summed E-state index contributed by atoms with van der Waals surface area (Å²) in [5.74, 6) is 0.534. The van der Waals surface area contributed by atoms with Crippen molar-refractivity contribution in [2.45, 2.75) is 32.9 Å². The molecule has 7 nitrogen and oxygen atoms in total. The summed E-state index contributed by atoms with van der Waals surface area (Å²) >= 11 is 1.20. The average Bonchev–Trinajstić information content (AvgIpc) is 2.95. The third kappa shape index (κ3) is 3.38. The van der Waals surface area contributed by atoms with Crippen LogP contribution in [0.1, 0.15) is 32.4 Å². The van der Waals surface area contributed by atoms with Gasteiger partial charge in [-0.3, -0.25) is 4.90 Å². The van der Waals surface area contributed by atoms with Crippen molar-refractivity contribution in [3.8, 4) is 11.8 Å². The first-order valence-corrected chi connectivity index (χ1v) is 9.20. The predicted molar refractivity (Wildman–Crippen MR) is 103 cm³/mol. The molecular weight excluding hydrogens is 364 g/mol. The number of hydrogen-bond acceptors (Lipinski definition) is 8. The molecular formula is C19H20N4O3S. The number of rotatable bonds is 4. The smallest absolute Gasteiger partial charge is 0.338 e. The second kappa shape index (κ2) is 7.37. The third-order valence-electron chi connectivity index (χ3n) is 4.17. The Balaban J connectivity index is 2.14. The number of aliphatic imine (C=N–C) groups is 1. The lowest BCUT2D eigenvalue weighted by Gasteiger charge is -2.35. The number of carbonyl (C=O) groups excluding carboxylic acids is 1. The SMILES string of the molecule is COc1ccc(C2C(C(=O)OC(C)C)=C(C)N=C3SC(C#N)=C(N)N32)cc1. The first-order valence-electron chi connectivity index (χ1n) is 8.38. The number of allylic oxidation sites excluding steroid dienone is 2. The first kappa shape index (κ1) is 18.9. The van der Waals surface area contributed by atoms with E-state index in [-0.39, 0.29) is 11.9 Å². The van der Waals surface area contributed by atoms with Crippen LogP contribution < -0.4 is 10.5 Å². The van der Waals surface area contributed by atoms with Crippen molar-refractivity contribution in [3.63, 3.8) is 0 Å². The van der Waals surface area contributed by atoms with Gasteiger partial charge in [0, 0.05) is 0 Å². The highest BCUT2D eigenvalue weighted by molar-refractivity contribution is 8.17. The zero-order valence-electron chi connectivity index (χ0n) is 15.5. The molecule has 0 saturated heterocycles. The fourth-order valence-corrected chi connectivity index (χ4v) is 3.90. The standard InChI is InChI=1S/C19H20N4O3S/c1-10(2)26-18(24)15-11(3)22-19-23(17(21)14(9-20)27-19)16(15)12-5-7-13(25-4)8-6-12/h5-8,10,16H,21H2,1-4H3. The lowest BCUT2D eigenvalue weighted by Crippen LogP contribution is -2.39. The lowest BCUT2D eigenvalue weighted by molar-refractivity contribution is -0.143. The molecule has 1 aromatic rings. The largest absolute Gasteiger partial charge is 0.497 e. The van der Waals surface area contributed by atoms with Crippen molar-refractivity contribution in [1.82, 2.24) is 4.90 Å². The van der Waals surface area contributed by atoms with Crippen molar-refractivity contribution >= 4 is 22.9 Å². The molecule has 3 rings (SSSR count). The van der Waals surface area contributed by atoms with Gasteiger partial charge in [0.25, 0.3) is 0 Å². The van der Waals surface area contributed by atoms with Crippen LogP contribution in [0.5, 0.6) is 5.75 Å². The van der Waals surface area contributed by atoms with Crippen LogP contribution in [0.15, 0.2) is 51.3 Å². The molecule has 0 aromatic heterocycles. The fourth-order valence-electron chi connectivity index (χ4n) is 2.98. The van der Waals surface area contributed by atoms with Crippen molar-refractivity contribution in [2.75, 3.05) is 7.11 Å². The average molecular weight is 384 g/mol. The molecule has 2 aliphatic heterocycles. The molecule has 0 saturated carbocycles. The molecule has 0 spiro atoms. The summed E-state index contributed by atoms with van der Waals surface area (Å²) in [7, 11) is 1.59. The van der Waals surface area contributed by atoms with Gasteiger partial charge in [0.15, 0.2) is 5.17 Å². The van der Waals surface area contributed by atoms with E-state index < -0.39 is 12.0 Å². The highest BCUT2D eigenvalue weighted by atomic mass is 32.2. The van der Waals surface area contributed by atoms with Gasteiger partial charge in [-0.15, -0.1) is 0 Å². The Morgan fingerprint density at radius 3 is 2.59 bits per heavy atom. The Labute approximate surface area is 162 Å². The second-order valence-electron chi connectivity index (χ2n) is 6.32. The molecule has 0 amide bonds. The van der Waals surface area contributed by atoms with Gasteiger partial charge in [-0.25, -0.2) is 9.79 Å². The molecule has 0 aliphatic carbocycles. The van der Waals surface area contributed by atoms with E-state index in [4.69, 9.17) is 15.2 Å². The Hall–Kier alpha value is -2.92. The lowest BCUT2D eigenvalue weighted by atomic mass is 9.94. The minimum atomic E-state index is -0.534. The summed E-state index contributed by atoms with van der Waals surface area (Å²) in [6.07, 6.45) is -0.268. The van der Waals surface area contributed by atoms with Crippen LogP contribution in [0.2, 0.25) is 0 Å². The number of ether oxygens (including phenoxy) is 2. The number of amidine groups is 1. The number of thioether (sulfide) groups is 1. The van der Waals surface area contributed by atoms with Gasteiger partial charge in [-0.2, -0.15) is 5.26 Å². The van der Waals surface area contributed by atoms with Crippen LogP contribution in [0.25, 0.3) is 0 Å². The molecule has 0 fully saturated rings. The monoisotopic (exact) mass is 384 g/mol. The first-order chi connectivity index (χ1) is 12.9. The van der Waals surface area contributed by atoms with Crippen LogP contribution in [0, 0.1) is 11.3 Å². The molecule has 2 heterocycles. The summed E-state index contributed by atoms with van der Waals surface area (Å²) in [5, 5.41) is 9.93. The van der Waals surface area contributed by atoms with Gasteiger partial charge in [0.05, 0.1) is 30.5 Å². The van der Waals surface area contributed by atoms with E-state index in [0.717, 1.165) is 5.56 Å². The number of hydrogen-bond donors (Lipinski definition) is 1. The molecule has 2 aliphatic rings. The third-order valence-corrected chi connectivity index (χ3v) is 5.15. The maximum absolute atomic E-state index is 12.8.